The van der Waals surface area contributed by atoms with Crippen molar-refractivity contribution in [1.29, 1.82) is 0 Å². The maximum atomic E-state index is 13.1. The first-order chi connectivity index (χ1) is 48.5. The third-order valence-corrected chi connectivity index (χ3v) is 22.2. The summed E-state index contributed by atoms with van der Waals surface area (Å²) in [5, 5.41) is 0. The van der Waals surface area contributed by atoms with E-state index in [2.05, 4.69) is 102 Å². The molecule has 1 aliphatic heterocycles. The van der Waals surface area contributed by atoms with Crippen LogP contribution in [0.1, 0.15) is 512 Å². The molecule has 0 N–H and O–H groups in total. The molecule has 2 aromatic carbocycles. The number of hydrogen-bond acceptors (Lipinski definition) is 0. The van der Waals surface area contributed by atoms with E-state index in [1.807, 2.05) is 0 Å². The van der Waals surface area contributed by atoms with Gasteiger partial charge in [0.25, 0.3) is 0 Å². The highest BCUT2D eigenvalue weighted by Gasteiger charge is 2.36. The SMILES string of the molecule is CCCCCCCCCCCCCCCCCCCCCCCCCCCC=Cc1cc(C=CCCCCCCCCCCCCCCCCCCCCCCCCCCC)cc(C2=C(CCCC)C(CCCCCC)=C(c3cc(CCCCCC)cc(CCCCCC)c3)[N+]2=[N-])c1. The molecule has 1 heterocycles. The van der Waals surface area contributed by atoms with Crippen molar-refractivity contribution in [3.63, 3.8) is 0 Å². The maximum Gasteiger partial charge on any atom is 0.211 e. The van der Waals surface area contributed by atoms with E-state index >= 15 is 0 Å². The zero-order chi connectivity index (χ0) is 69.9. The molecule has 0 aromatic heterocycles. The van der Waals surface area contributed by atoms with Gasteiger partial charge in [-0.2, -0.15) is 0 Å². The lowest BCUT2D eigenvalue weighted by atomic mass is 9.90. The van der Waals surface area contributed by atoms with Gasteiger partial charge in [-0.3, -0.25) is 0 Å². The van der Waals surface area contributed by atoms with Crippen LogP contribution in [0.3, 0.4) is 0 Å². The van der Waals surface area contributed by atoms with Gasteiger partial charge in [0.05, 0.1) is 0 Å². The molecule has 0 atom stereocenters. The first-order valence-corrected chi connectivity index (χ1v) is 45.1. The second-order valence-corrected chi connectivity index (χ2v) is 31.8. The van der Waals surface area contributed by atoms with Crippen molar-refractivity contribution < 1.29 is 4.70 Å². The van der Waals surface area contributed by atoms with E-state index < -0.39 is 0 Å². The fourth-order valence-electron chi connectivity index (χ4n) is 15.8. The summed E-state index contributed by atoms with van der Waals surface area (Å²) in [7, 11) is 0. The molecule has 562 valence electrons. The van der Waals surface area contributed by atoms with Crippen LogP contribution in [0.15, 0.2) is 59.7 Å². The molecule has 98 heavy (non-hydrogen) atoms. The lowest BCUT2D eigenvalue weighted by Crippen LogP contribution is -2.05. The summed E-state index contributed by atoms with van der Waals surface area (Å²) in [6.07, 6.45) is 105. The van der Waals surface area contributed by atoms with Crippen LogP contribution in [0.25, 0.3) is 29.1 Å². The molecule has 0 spiro atoms. The third kappa shape index (κ3) is 47.3. The van der Waals surface area contributed by atoms with E-state index in [0.29, 0.717) is 0 Å². The van der Waals surface area contributed by atoms with Crippen LogP contribution >= 0.6 is 0 Å². The molecular formula is C96H168N2. The van der Waals surface area contributed by atoms with Crippen LogP contribution in [-0.4, -0.2) is 4.70 Å². The Labute approximate surface area is 614 Å². The summed E-state index contributed by atoms with van der Waals surface area (Å²) in [5.41, 5.74) is 25.9. The molecule has 0 saturated heterocycles. The summed E-state index contributed by atoms with van der Waals surface area (Å²) >= 11 is 0. The Balaban J connectivity index is 1.57. The molecule has 0 bridgehead atoms. The molecule has 2 aromatic rings. The minimum Gasteiger partial charge on any atom is -0.493 e. The van der Waals surface area contributed by atoms with E-state index in [9.17, 15) is 5.53 Å². The summed E-state index contributed by atoms with van der Waals surface area (Å²) in [4.78, 5) is 0. The highest BCUT2D eigenvalue weighted by Crippen LogP contribution is 2.46. The molecular weight excluding hydrogens is 1180 g/mol. The van der Waals surface area contributed by atoms with E-state index in [0.717, 1.165) is 62.8 Å². The van der Waals surface area contributed by atoms with Gasteiger partial charge in [0, 0.05) is 22.3 Å². The number of allylic oxidation sites excluding steroid dienone is 4. The molecule has 1 aliphatic rings. The van der Waals surface area contributed by atoms with Gasteiger partial charge in [0.1, 0.15) is 0 Å². The predicted molar refractivity (Wildman–Crippen MR) is 444 cm³/mol. The molecule has 2 heteroatoms. The van der Waals surface area contributed by atoms with Crippen LogP contribution in [0.5, 0.6) is 0 Å². The van der Waals surface area contributed by atoms with Crippen LogP contribution < -0.4 is 0 Å². The smallest absolute Gasteiger partial charge is 0.211 e. The van der Waals surface area contributed by atoms with E-state index in [4.69, 9.17) is 0 Å². The lowest BCUT2D eigenvalue weighted by molar-refractivity contribution is -0.345. The monoisotopic (exact) mass is 1350 g/mol. The second-order valence-electron chi connectivity index (χ2n) is 31.8. The molecule has 0 saturated carbocycles. The highest BCUT2D eigenvalue weighted by molar-refractivity contribution is 5.83. The van der Waals surface area contributed by atoms with Gasteiger partial charge in [0.15, 0.2) is 0 Å². The Morgan fingerprint density at radius 3 is 0.704 bits per heavy atom. The minimum atomic E-state index is 1.00. The average Bonchev–Trinajstić information content (AvgIpc) is 1.60. The molecule has 2 nitrogen and oxygen atoms in total. The van der Waals surface area contributed by atoms with Gasteiger partial charge < -0.3 is 5.53 Å². The minimum absolute atomic E-state index is 1.00. The summed E-state index contributed by atoms with van der Waals surface area (Å²) in [5.74, 6) is 0. The molecule has 0 unspecified atom stereocenters. The van der Waals surface area contributed by atoms with Crippen molar-refractivity contribution in [1.82, 2.24) is 0 Å². The lowest BCUT2D eigenvalue weighted by Gasteiger charge is -2.14. The molecule has 3 rings (SSSR count). The predicted octanol–water partition coefficient (Wildman–Crippen LogP) is 34.6. The van der Waals surface area contributed by atoms with Crippen LogP contribution in [0, 0.1) is 0 Å². The zero-order valence-corrected chi connectivity index (χ0v) is 67.2. The second kappa shape index (κ2) is 67.2. The number of unbranched alkanes of at least 4 members (excludes halogenated alkanes) is 60. The van der Waals surface area contributed by atoms with Gasteiger partial charge in [-0.25, -0.2) is 4.70 Å². The first kappa shape index (κ1) is 89.2. The Morgan fingerprint density at radius 1 is 0.224 bits per heavy atom. The van der Waals surface area contributed by atoms with Gasteiger partial charge in [0.2, 0.25) is 11.4 Å². The molecule has 0 radical (unpaired) electrons. The normalized spacial score (nSPS) is 12.9. The summed E-state index contributed by atoms with van der Waals surface area (Å²) < 4.78 is 1.71. The molecule has 0 amide bonds. The number of rotatable bonds is 74. The van der Waals surface area contributed by atoms with Crippen molar-refractivity contribution in [3.05, 3.63) is 98.6 Å². The topological polar surface area (TPSA) is 25.3 Å². The Kier molecular flexibility index (Phi) is 61.2. The van der Waals surface area contributed by atoms with Crippen molar-refractivity contribution in [2.75, 3.05) is 0 Å². The van der Waals surface area contributed by atoms with Crippen LogP contribution in [0.4, 0.5) is 0 Å². The fourth-order valence-corrected chi connectivity index (χ4v) is 15.8. The van der Waals surface area contributed by atoms with Crippen molar-refractivity contribution in [2.24, 2.45) is 0 Å². The summed E-state index contributed by atoms with van der Waals surface area (Å²) in [6, 6.07) is 14.7. The van der Waals surface area contributed by atoms with Gasteiger partial charge in [-0.1, -0.05) is 444 Å². The van der Waals surface area contributed by atoms with Gasteiger partial charge in [-0.15, -0.1) is 0 Å². The summed E-state index contributed by atoms with van der Waals surface area (Å²) in [6.45, 7) is 13.9. The van der Waals surface area contributed by atoms with Crippen molar-refractivity contribution in [3.8, 4) is 0 Å². The molecule has 0 aliphatic carbocycles. The Bertz CT molecular complexity index is 2140. The Morgan fingerprint density at radius 2 is 0.439 bits per heavy atom. The van der Waals surface area contributed by atoms with Crippen molar-refractivity contribution >= 4 is 23.5 Å². The first-order valence-electron chi connectivity index (χ1n) is 45.1. The fraction of sp³-hybridized carbons (Fsp3) is 0.792. The van der Waals surface area contributed by atoms with Crippen LogP contribution in [-0.2, 0) is 12.8 Å². The molecule has 0 fully saturated rings. The third-order valence-electron chi connectivity index (χ3n) is 22.2. The average molecular weight is 1350 g/mol. The van der Waals surface area contributed by atoms with Crippen molar-refractivity contribution in [2.45, 2.75) is 491 Å². The van der Waals surface area contributed by atoms with E-state index in [1.165, 1.54) is 443 Å². The zero-order valence-electron chi connectivity index (χ0n) is 67.2. The number of hydrogen-bond donors (Lipinski definition) is 0. The highest BCUT2D eigenvalue weighted by atomic mass is 15.2. The standard InChI is InChI=1S/C96H168N2/c1-7-13-19-24-26-28-30-32-34-36-38-40-42-44-46-48-50-52-54-56-58-60-62-64-66-68-72-77-89-82-90(78-73-69-67-65-63-61-59-57-55-53-51-49-47-45-43-41-39-37-35-33-31-29-27-25-20-14-8-2)86-91(85-89)95-93(79-18-12-6)94(80-74-23-17-11-5)96(98(95)97)92-83-87(75-70-21-15-9-3)81-88(84-92)76-71-22-16-10-4/h72-73,77-78,81-86H,7-71,74-76,79-80H2,1-6H3. The number of nitrogens with zero attached hydrogens (tertiary/aromatic N) is 2. The Hall–Kier alpha value is -3.00. The largest absolute Gasteiger partial charge is 0.493 e. The van der Waals surface area contributed by atoms with E-state index in [-0.39, 0.29) is 0 Å². The number of aryl methyl sites for hydroxylation is 2. The van der Waals surface area contributed by atoms with Gasteiger partial charge >= 0.3 is 0 Å². The maximum absolute atomic E-state index is 13.1. The van der Waals surface area contributed by atoms with Gasteiger partial charge in [-0.05, 0) is 130 Å². The quantitative estimate of drug-likeness (QED) is 0.0466. The van der Waals surface area contributed by atoms with E-state index in [1.54, 1.807) is 4.70 Å². The van der Waals surface area contributed by atoms with Crippen LogP contribution in [0.2, 0.25) is 0 Å². The number of benzene rings is 2.